The van der Waals surface area contributed by atoms with Gasteiger partial charge in [-0.1, -0.05) is 0 Å². The summed E-state index contributed by atoms with van der Waals surface area (Å²) in [6.45, 7) is 2.23. The van der Waals surface area contributed by atoms with Crippen molar-refractivity contribution in [3.8, 4) is 0 Å². The van der Waals surface area contributed by atoms with E-state index in [9.17, 15) is 20.0 Å². The van der Waals surface area contributed by atoms with Gasteiger partial charge in [0.15, 0.2) is 0 Å². The number of carbonyl (C=O) groups is 1. The zero-order valence-corrected chi connectivity index (χ0v) is 11.9. The molecule has 0 saturated carbocycles. The Morgan fingerprint density at radius 3 is 2.90 bits per heavy atom. The van der Waals surface area contributed by atoms with Crippen LogP contribution in [0.4, 0.5) is 17.1 Å². The molecule has 0 aromatic heterocycles. The van der Waals surface area contributed by atoms with E-state index in [1.807, 2.05) is 0 Å². The average Bonchev–Trinajstić information content (AvgIpc) is 2.42. The van der Waals surface area contributed by atoms with Gasteiger partial charge < -0.3 is 15.7 Å². The lowest BCUT2D eigenvalue weighted by Gasteiger charge is -2.18. The van der Waals surface area contributed by atoms with Crippen LogP contribution in [0.2, 0.25) is 0 Å². The summed E-state index contributed by atoms with van der Waals surface area (Å²) in [6, 6.07) is 3.14. The highest BCUT2D eigenvalue weighted by atomic mass is 16.6. The fourth-order valence-corrected chi connectivity index (χ4v) is 2.33. The Hall–Kier alpha value is -2.15. The lowest BCUT2D eigenvalue weighted by Crippen LogP contribution is -2.19. The van der Waals surface area contributed by atoms with Gasteiger partial charge in [-0.25, -0.2) is 0 Å². The second-order valence-electron chi connectivity index (χ2n) is 5.25. The van der Waals surface area contributed by atoms with E-state index in [1.165, 1.54) is 6.07 Å². The zero-order chi connectivity index (χ0) is 15.4. The third kappa shape index (κ3) is 3.91. The van der Waals surface area contributed by atoms with Crippen LogP contribution in [0.25, 0.3) is 0 Å². The second-order valence-corrected chi connectivity index (χ2v) is 5.25. The van der Waals surface area contributed by atoms with Crippen molar-refractivity contribution in [2.45, 2.75) is 38.7 Å². The van der Waals surface area contributed by atoms with E-state index < -0.39 is 4.92 Å². The molecule has 0 fully saturated rings. The lowest BCUT2D eigenvalue weighted by molar-refractivity contribution is -0.384. The van der Waals surface area contributed by atoms with Crippen molar-refractivity contribution >= 4 is 23.0 Å². The first-order valence-corrected chi connectivity index (χ1v) is 7.00. The van der Waals surface area contributed by atoms with Crippen LogP contribution < -0.4 is 10.6 Å². The topological polar surface area (TPSA) is 104 Å². The molecule has 1 aromatic carbocycles. The molecule has 1 aliphatic heterocycles. The van der Waals surface area contributed by atoms with Crippen molar-refractivity contribution in [3.05, 3.63) is 27.8 Å². The molecule has 2 rings (SSSR count). The fourth-order valence-electron chi connectivity index (χ4n) is 2.33. The van der Waals surface area contributed by atoms with E-state index >= 15 is 0 Å². The summed E-state index contributed by atoms with van der Waals surface area (Å²) in [4.78, 5) is 22.1. The Balaban J connectivity index is 2.16. The number of amides is 1. The number of carbonyl (C=O) groups excluding carboxylic acids is 1. The fraction of sp³-hybridized carbons (Fsp3) is 0.500. The molecule has 0 radical (unpaired) electrons. The van der Waals surface area contributed by atoms with Gasteiger partial charge in [0.2, 0.25) is 5.91 Å². The van der Waals surface area contributed by atoms with Gasteiger partial charge in [0.25, 0.3) is 5.69 Å². The van der Waals surface area contributed by atoms with E-state index in [0.717, 1.165) is 5.56 Å². The van der Waals surface area contributed by atoms with Crippen molar-refractivity contribution in [3.63, 3.8) is 0 Å². The Bertz CT molecular complexity index is 557. The summed E-state index contributed by atoms with van der Waals surface area (Å²) >= 11 is 0. The minimum Gasteiger partial charge on any atom is -0.393 e. The normalized spacial score (nSPS) is 15.0. The number of fused-ring (bicyclic) bond motifs is 1. The lowest BCUT2D eigenvalue weighted by atomic mass is 10.0. The van der Waals surface area contributed by atoms with Crippen molar-refractivity contribution < 1.29 is 14.8 Å². The molecule has 114 valence electrons. The van der Waals surface area contributed by atoms with Crippen LogP contribution in [-0.4, -0.2) is 28.6 Å². The minimum absolute atomic E-state index is 0.0157. The number of anilines is 2. The largest absolute Gasteiger partial charge is 0.393 e. The van der Waals surface area contributed by atoms with Gasteiger partial charge >= 0.3 is 0 Å². The molecule has 3 N–H and O–H groups in total. The van der Waals surface area contributed by atoms with Gasteiger partial charge in [-0.05, 0) is 37.8 Å². The van der Waals surface area contributed by atoms with Gasteiger partial charge in [0.05, 0.1) is 11.0 Å². The van der Waals surface area contributed by atoms with Crippen LogP contribution in [0.15, 0.2) is 12.1 Å². The number of hydrogen-bond donors (Lipinski definition) is 3. The first-order chi connectivity index (χ1) is 9.97. The molecule has 1 aromatic rings. The molecule has 1 unspecified atom stereocenters. The molecule has 1 heterocycles. The molecule has 0 saturated heterocycles. The molecular formula is C14H19N3O4. The zero-order valence-electron chi connectivity index (χ0n) is 11.9. The SMILES string of the molecule is CC(O)CCCNc1cc2c(cc1[N+](=O)[O-])CCC(=O)N2. The average molecular weight is 293 g/mol. The molecule has 7 heteroatoms. The number of aliphatic hydroxyl groups excluding tert-OH is 1. The summed E-state index contributed by atoms with van der Waals surface area (Å²) < 4.78 is 0. The maximum absolute atomic E-state index is 11.4. The number of nitrogens with one attached hydrogen (secondary N) is 2. The van der Waals surface area contributed by atoms with E-state index in [1.54, 1.807) is 13.0 Å². The highest BCUT2D eigenvalue weighted by molar-refractivity contribution is 5.95. The number of nitro groups is 1. The minimum atomic E-state index is -0.423. The number of aryl methyl sites for hydroxylation is 1. The summed E-state index contributed by atoms with van der Waals surface area (Å²) in [5, 5.41) is 26.1. The second kappa shape index (κ2) is 6.53. The number of benzene rings is 1. The summed E-state index contributed by atoms with van der Waals surface area (Å²) in [5.41, 5.74) is 1.83. The molecule has 7 nitrogen and oxygen atoms in total. The number of nitro benzene ring substituents is 1. The third-order valence-corrected chi connectivity index (χ3v) is 3.43. The number of nitrogens with zero attached hydrogens (tertiary/aromatic N) is 1. The quantitative estimate of drug-likeness (QED) is 0.423. The first kappa shape index (κ1) is 15.2. The molecule has 0 spiro atoms. The standard InChI is InChI=1S/C14H19N3O4/c1-9(18)3-2-6-15-12-8-11-10(4-5-14(19)16-11)7-13(12)17(20)21/h7-9,15,18H,2-6H2,1H3,(H,16,19). The molecule has 21 heavy (non-hydrogen) atoms. The first-order valence-electron chi connectivity index (χ1n) is 7.00. The summed E-state index contributed by atoms with van der Waals surface area (Å²) in [7, 11) is 0. The highest BCUT2D eigenvalue weighted by Crippen LogP contribution is 2.34. The Kier molecular flexibility index (Phi) is 4.74. The maximum Gasteiger partial charge on any atom is 0.292 e. The Labute approximate surface area is 122 Å². The van der Waals surface area contributed by atoms with Crippen molar-refractivity contribution in [2.24, 2.45) is 0 Å². The van der Waals surface area contributed by atoms with Crippen LogP contribution in [0.1, 0.15) is 31.7 Å². The van der Waals surface area contributed by atoms with E-state index in [0.29, 0.717) is 43.6 Å². The number of hydrogen-bond acceptors (Lipinski definition) is 5. The van der Waals surface area contributed by atoms with Crippen LogP contribution in [0, 0.1) is 10.1 Å². The third-order valence-electron chi connectivity index (χ3n) is 3.43. The van der Waals surface area contributed by atoms with Gasteiger partial charge in [-0.2, -0.15) is 0 Å². The van der Waals surface area contributed by atoms with Crippen LogP contribution >= 0.6 is 0 Å². The molecule has 0 bridgehead atoms. The summed E-state index contributed by atoms with van der Waals surface area (Å²) in [6.07, 6.45) is 1.82. The highest BCUT2D eigenvalue weighted by Gasteiger charge is 2.22. The van der Waals surface area contributed by atoms with E-state index in [2.05, 4.69) is 10.6 Å². The molecule has 1 atom stereocenters. The van der Waals surface area contributed by atoms with Gasteiger partial charge in [-0.15, -0.1) is 0 Å². The van der Waals surface area contributed by atoms with Gasteiger partial charge in [0.1, 0.15) is 5.69 Å². The Morgan fingerprint density at radius 2 is 2.24 bits per heavy atom. The predicted molar refractivity (Wildman–Crippen MR) is 79.5 cm³/mol. The summed E-state index contributed by atoms with van der Waals surface area (Å²) in [5.74, 6) is -0.0728. The van der Waals surface area contributed by atoms with Crippen LogP contribution in [-0.2, 0) is 11.2 Å². The Morgan fingerprint density at radius 1 is 1.48 bits per heavy atom. The number of rotatable bonds is 6. The molecule has 1 aliphatic rings. The molecule has 0 aliphatic carbocycles. The van der Waals surface area contributed by atoms with E-state index in [-0.39, 0.29) is 17.7 Å². The van der Waals surface area contributed by atoms with Crippen molar-refractivity contribution in [1.82, 2.24) is 0 Å². The van der Waals surface area contributed by atoms with Gasteiger partial charge in [-0.3, -0.25) is 14.9 Å². The molecular weight excluding hydrogens is 274 g/mol. The predicted octanol–water partition coefficient (Wildman–Crippen LogP) is 2.05. The van der Waals surface area contributed by atoms with E-state index in [4.69, 9.17) is 0 Å². The monoisotopic (exact) mass is 293 g/mol. The molecule has 1 amide bonds. The van der Waals surface area contributed by atoms with Crippen LogP contribution in [0.5, 0.6) is 0 Å². The smallest absolute Gasteiger partial charge is 0.292 e. The van der Waals surface area contributed by atoms with Crippen molar-refractivity contribution in [1.29, 1.82) is 0 Å². The van der Waals surface area contributed by atoms with Gasteiger partial charge in [0, 0.05) is 24.7 Å². The number of aliphatic hydroxyl groups is 1. The van der Waals surface area contributed by atoms with Crippen molar-refractivity contribution in [2.75, 3.05) is 17.2 Å². The van der Waals surface area contributed by atoms with Crippen LogP contribution in [0.3, 0.4) is 0 Å². The maximum atomic E-state index is 11.4.